The molecule has 0 saturated carbocycles. The molecule has 0 heterocycles. The SMILES string of the molecule is CCCNC(c1cccc(F)c1)C(C)CCOC. The molecule has 0 spiro atoms. The largest absolute Gasteiger partial charge is 0.385 e. The van der Waals surface area contributed by atoms with E-state index in [0.717, 1.165) is 31.6 Å². The third-order valence-electron chi connectivity index (χ3n) is 3.17. The van der Waals surface area contributed by atoms with Crippen molar-refractivity contribution in [2.75, 3.05) is 20.3 Å². The van der Waals surface area contributed by atoms with Gasteiger partial charge in [-0.25, -0.2) is 4.39 Å². The summed E-state index contributed by atoms with van der Waals surface area (Å²) in [6.45, 7) is 5.99. The van der Waals surface area contributed by atoms with Gasteiger partial charge >= 0.3 is 0 Å². The van der Waals surface area contributed by atoms with Crippen molar-refractivity contribution in [2.45, 2.75) is 32.7 Å². The van der Waals surface area contributed by atoms with Crippen molar-refractivity contribution in [3.63, 3.8) is 0 Å². The molecular weight excluding hydrogens is 229 g/mol. The lowest BCUT2D eigenvalue weighted by atomic mass is 9.92. The van der Waals surface area contributed by atoms with E-state index in [1.165, 1.54) is 6.07 Å². The van der Waals surface area contributed by atoms with Gasteiger partial charge in [-0.1, -0.05) is 26.0 Å². The van der Waals surface area contributed by atoms with Gasteiger partial charge in [-0.05, 0) is 43.0 Å². The number of hydrogen-bond acceptors (Lipinski definition) is 2. The number of hydrogen-bond donors (Lipinski definition) is 1. The summed E-state index contributed by atoms with van der Waals surface area (Å²) in [6, 6.07) is 7.06. The van der Waals surface area contributed by atoms with E-state index in [0.29, 0.717) is 5.92 Å². The van der Waals surface area contributed by atoms with E-state index >= 15 is 0 Å². The summed E-state index contributed by atoms with van der Waals surface area (Å²) in [6.07, 6.45) is 2.04. The Balaban J connectivity index is 2.76. The van der Waals surface area contributed by atoms with Gasteiger partial charge in [-0.15, -0.1) is 0 Å². The smallest absolute Gasteiger partial charge is 0.123 e. The number of benzene rings is 1. The summed E-state index contributed by atoms with van der Waals surface area (Å²) in [5.74, 6) is 0.244. The van der Waals surface area contributed by atoms with Gasteiger partial charge in [0.25, 0.3) is 0 Å². The van der Waals surface area contributed by atoms with Crippen molar-refractivity contribution in [2.24, 2.45) is 5.92 Å². The maximum atomic E-state index is 13.3. The maximum absolute atomic E-state index is 13.3. The Morgan fingerprint density at radius 3 is 2.78 bits per heavy atom. The molecule has 1 aromatic rings. The Hall–Kier alpha value is -0.930. The molecule has 18 heavy (non-hydrogen) atoms. The van der Waals surface area contributed by atoms with Crippen molar-refractivity contribution >= 4 is 0 Å². The van der Waals surface area contributed by atoms with Crippen molar-refractivity contribution < 1.29 is 9.13 Å². The van der Waals surface area contributed by atoms with E-state index in [1.807, 2.05) is 6.07 Å². The predicted molar refractivity (Wildman–Crippen MR) is 73.1 cm³/mol. The average molecular weight is 253 g/mol. The number of rotatable bonds is 8. The fraction of sp³-hybridized carbons (Fsp3) is 0.600. The molecule has 0 aliphatic rings. The van der Waals surface area contributed by atoms with Gasteiger partial charge in [0.05, 0.1) is 0 Å². The number of ether oxygens (including phenoxy) is 1. The number of nitrogens with one attached hydrogen (secondary N) is 1. The summed E-state index contributed by atoms with van der Waals surface area (Å²) in [5.41, 5.74) is 1.02. The van der Waals surface area contributed by atoms with Gasteiger partial charge in [-0.2, -0.15) is 0 Å². The molecule has 2 nitrogen and oxygen atoms in total. The topological polar surface area (TPSA) is 21.3 Å². The first-order valence-electron chi connectivity index (χ1n) is 6.66. The zero-order valence-electron chi connectivity index (χ0n) is 11.6. The molecular formula is C15H24FNO. The Bertz CT molecular complexity index is 343. The first-order valence-corrected chi connectivity index (χ1v) is 6.66. The molecule has 0 aliphatic carbocycles. The van der Waals surface area contributed by atoms with Crippen LogP contribution in [0.4, 0.5) is 4.39 Å². The summed E-state index contributed by atoms with van der Waals surface area (Å²) in [7, 11) is 1.71. The standard InChI is InChI=1S/C15H24FNO/c1-4-9-17-15(12(2)8-10-18-3)13-6-5-7-14(16)11-13/h5-7,11-12,15,17H,4,8-10H2,1-3H3. The van der Waals surface area contributed by atoms with Gasteiger partial charge in [0.15, 0.2) is 0 Å². The molecule has 0 radical (unpaired) electrons. The maximum Gasteiger partial charge on any atom is 0.123 e. The van der Waals surface area contributed by atoms with Crippen LogP contribution >= 0.6 is 0 Å². The molecule has 1 rings (SSSR count). The van der Waals surface area contributed by atoms with E-state index in [-0.39, 0.29) is 11.9 Å². The zero-order valence-corrected chi connectivity index (χ0v) is 11.6. The third-order valence-corrected chi connectivity index (χ3v) is 3.17. The Kier molecular flexibility index (Phi) is 6.91. The van der Waals surface area contributed by atoms with E-state index in [9.17, 15) is 4.39 Å². The van der Waals surface area contributed by atoms with Gasteiger partial charge in [0.1, 0.15) is 5.82 Å². The predicted octanol–water partition coefficient (Wildman–Crippen LogP) is 3.54. The lowest BCUT2D eigenvalue weighted by Crippen LogP contribution is -2.28. The number of methoxy groups -OCH3 is 1. The fourth-order valence-electron chi connectivity index (χ4n) is 2.12. The molecule has 0 aliphatic heterocycles. The second-order valence-electron chi connectivity index (χ2n) is 4.75. The van der Waals surface area contributed by atoms with E-state index in [4.69, 9.17) is 4.74 Å². The summed E-state index contributed by atoms with van der Waals surface area (Å²) < 4.78 is 18.4. The zero-order chi connectivity index (χ0) is 13.4. The lowest BCUT2D eigenvalue weighted by molar-refractivity contribution is 0.170. The van der Waals surface area contributed by atoms with E-state index in [1.54, 1.807) is 19.2 Å². The molecule has 0 fully saturated rings. The highest BCUT2D eigenvalue weighted by molar-refractivity contribution is 5.20. The minimum atomic E-state index is -0.172. The molecule has 3 heteroatoms. The second-order valence-corrected chi connectivity index (χ2v) is 4.75. The number of halogens is 1. The van der Waals surface area contributed by atoms with E-state index < -0.39 is 0 Å². The lowest BCUT2D eigenvalue weighted by Gasteiger charge is -2.25. The summed E-state index contributed by atoms with van der Waals surface area (Å²) in [4.78, 5) is 0. The minimum absolute atomic E-state index is 0.172. The summed E-state index contributed by atoms with van der Waals surface area (Å²) in [5, 5.41) is 3.50. The van der Waals surface area contributed by atoms with Crippen molar-refractivity contribution in [1.82, 2.24) is 5.32 Å². The van der Waals surface area contributed by atoms with Crippen LogP contribution in [0.5, 0.6) is 0 Å². The Labute approximate surface area is 110 Å². The fourth-order valence-corrected chi connectivity index (χ4v) is 2.12. The Morgan fingerprint density at radius 2 is 2.17 bits per heavy atom. The van der Waals surface area contributed by atoms with Crippen molar-refractivity contribution in [3.8, 4) is 0 Å². The first-order chi connectivity index (χ1) is 8.69. The van der Waals surface area contributed by atoms with Crippen LogP contribution in [0.1, 0.15) is 38.3 Å². The Morgan fingerprint density at radius 1 is 1.39 bits per heavy atom. The summed E-state index contributed by atoms with van der Waals surface area (Å²) >= 11 is 0. The van der Waals surface area contributed by atoms with Crippen LogP contribution in [0.2, 0.25) is 0 Å². The quantitative estimate of drug-likeness (QED) is 0.765. The molecule has 2 atom stereocenters. The normalized spacial score (nSPS) is 14.4. The van der Waals surface area contributed by atoms with Crippen molar-refractivity contribution in [1.29, 1.82) is 0 Å². The highest BCUT2D eigenvalue weighted by Crippen LogP contribution is 2.25. The monoisotopic (exact) mass is 253 g/mol. The van der Waals surface area contributed by atoms with E-state index in [2.05, 4.69) is 19.2 Å². The second kappa shape index (κ2) is 8.22. The van der Waals surface area contributed by atoms with Gasteiger partial charge in [-0.3, -0.25) is 0 Å². The highest BCUT2D eigenvalue weighted by atomic mass is 19.1. The molecule has 2 unspecified atom stereocenters. The average Bonchev–Trinajstić information content (AvgIpc) is 2.37. The van der Waals surface area contributed by atoms with Crippen LogP contribution in [-0.4, -0.2) is 20.3 Å². The molecule has 102 valence electrons. The molecule has 1 aromatic carbocycles. The van der Waals surface area contributed by atoms with Crippen LogP contribution in [0.3, 0.4) is 0 Å². The molecule has 1 N–H and O–H groups in total. The highest BCUT2D eigenvalue weighted by Gasteiger charge is 2.18. The van der Waals surface area contributed by atoms with Gasteiger partial charge in [0, 0.05) is 19.8 Å². The van der Waals surface area contributed by atoms with Crippen LogP contribution < -0.4 is 5.32 Å². The third kappa shape index (κ3) is 4.75. The van der Waals surface area contributed by atoms with Crippen molar-refractivity contribution in [3.05, 3.63) is 35.6 Å². The first kappa shape index (κ1) is 15.1. The molecule has 0 saturated heterocycles. The molecule has 0 bridgehead atoms. The van der Waals surface area contributed by atoms with Crippen LogP contribution in [0, 0.1) is 11.7 Å². The van der Waals surface area contributed by atoms with Gasteiger partial charge in [0.2, 0.25) is 0 Å². The van der Waals surface area contributed by atoms with Crippen LogP contribution in [-0.2, 0) is 4.74 Å². The van der Waals surface area contributed by atoms with Gasteiger partial charge < -0.3 is 10.1 Å². The molecule has 0 aromatic heterocycles. The van der Waals surface area contributed by atoms with Crippen LogP contribution in [0.25, 0.3) is 0 Å². The molecule has 0 amide bonds. The minimum Gasteiger partial charge on any atom is -0.385 e. The van der Waals surface area contributed by atoms with Crippen LogP contribution in [0.15, 0.2) is 24.3 Å².